The molecule has 1 saturated carbocycles. The Balaban J connectivity index is 2.21. The van der Waals surface area contributed by atoms with Crippen molar-refractivity contribution in [3.05, 3.63) is 34.9 Å². The summed E-state index contributed by atoms with van der Waals surface area (Å²) >= 11 is 5.88. The van der Waals surface area contributed by atoms with Crippen molar-refractivity contribution in [2.24, 2.45) is 16.5 Å². The first-order chi connectivity index (χ1) is 7.62. The molecule has 0 radical (unpaired) electrons. The monoisotopic (exact) mass is 237 g/mol. The van der Waals surface area contributed by atoms with E-state index in [1.165, 1.54) is 12.0 Å². The molecule has 0 atom stereocenters. The van der Waals surface area contributed by atoms with Crippen molar-refractivity contribution in [2.75, 3.05) is 6.54 Å². The third-order valence-electron chi connectivity index (χ3n) is 3.33. The highest BCUT2D eigenvalue weighted by atomic mass is 35.5. The number of hydrogen-bond donors (Lipinski definition) is 2. The largest absolute Gasteiger partial charge is 0.370 e. The van der Waals surface area contributed by atoms with E-state index in [-0.39, 0.29) is 11.4 Å². The zero-order valence-electron chi connectivity index (χ0n) is 9.12. The molecule has 1 aromatic rings. The maximum absolute atomic E-state index is 5.88. The lowest BCUT2D eigenvalue weighted by atomic mass is 9.64. The lowest BCUT2D eigenvalue weighted by Gasteiger charge is -2.41. The fraction of sp³-hybridized carbons (Fsp3) is 0.417. The second-order valence-electron chi connectivity index (χ2n) is 4.38. The van der Waals surface area contributed by atoms with E-state index >= 15 is 0 Å². The molecule has 0 bridgehead atoms. The van der Waals surface area contributed by atoms with Gasteiger partial charge in [-0.25, -0.2) is 0 Å². The van der Waals surface area contributed by atoms with Crippen LogP contribution in [0.4, 0.5) is 0 Å². The van der Waals surface area contributed by atoms with Gasteiger partial charge in [-0.2, -0.15) is 0 Å². The molecular weight excluding hydrogens is 222 g/mol. The summed E-state index contributed by atoms with van der Waals surface area (Å²) in [6.07, 6.45) is 3.53. The van der Waals surface area contributed by atoms with Crippen molar-refractivity contribution in [1.82, 2.24) is 0 Å². The van der Waals surface area contributed by atoms with Crippen LogP contribution in [0.25, 0.3) is 0 Å². The molecule has 0 amide bonds. The van der Waals surface area contributed by atoms with E-state index in [1.807, 2.05) is 12.1 Å². The first-order valence-electron chi connectivity index (χ1n) is 5.44. The Morgan fingerprint density at radius 2 is 1.88 bits per heavy atom. The quantitative estimate of drug-likeness (QED) is 0.624. The molecule has 0 aromatic heterocycles. The van der Waals surface area contributed by atoms with Gasteiger partial charge in [0.25, 0.3) is 0 Å². The topological polar surface area (TPSA) is 64.4 Å². The first-order valence-corrected chi connectivity index (χ1v) is 5.82. The molecule has 0 spiro atoms. The highest BCUT2D eigenvalue weighted by Gasteiger charge is 2.38. The molecule has 1 aliphatic carbocycles. The highest BCUT2D eigenvalue weighted by molar-refractivity contribution is 6.30. The van der Waals surface area contributed by atoms with E-state index in [4.69, 9.17) is 23.1 Å². The van der Waals surface area contributed by atoms with Crippen molar-refractivity contribution in [3.63, 3.8) is 0 Å². The maximum atomic E-state index is 5.88. The molecule has 4 heteroatoms. The van der Waals surface area contributed by atoms with Crippen LogP contribution in [0.3, 0.4) is 0 Å². The average molecular weight is 238 g/mol. The number of benzene rings is 1. The Morgan fingerprint density at radius 3 is 2.31 bits per heavy atom. The van der Waals surface area contributed by atoms with Gasteiger partial charge in [-0.15, -0.1) is 0 Å². The van der Waals surface area contributed by atoms with E-state index in [9.17, 15) is 0 Å². The smallest absolute Gasteiger partial charge is 0.185 e. The van der Waals surface area contributed by atoms with Crippen molar-refractivity contribution in [3.8, 4) is 0 Å². The van der Waals surface area contributed by atoms with Crippen LogP contribution in [0, 0.1) is 0 Å². The SMILES string of the molecule is NC(N)=NCC1(c2ccc(Cl)cc2)CCC1. The van der Waals surface area contributed by atoms with Gasteiger partial charge < -0.3 is 11.5 Å². The van der Waals surface area contributed by atoms with Gasteiger partial charge in [0.2, 0.25) is 0 Å². The summed E-state index contributed by atoms with van der Waals surface area (Å²) in [5.74, 6) is 0.167. The van der Waals surface area contributed by atoms with Crippen molar-refractivity contribution < 1.29 is 0 Å². The lowest BCUT2D eigenvalue weighted by molar-refractivity contribution is 0.254. The zero-order valence-corrected chi connectivity index (χ0v) is 9.87. The van der Waals surface area contributed by atoms with Gasteiger partial charge in [-0.3, -0.25) is 4.99 Å². The van der Waals surface area contributed by atoms with Gasteiger partial charge in [-0.05, 0) is 30.5 Å². The minimum Gasteiger partial charge on any atom is -0.370 e. The van der Waals surface area contributed by atoms with Gasteiger partial charge >= 0.3 is 0 Å². The number of guanidine groups is 1. The Bertz CT molecular complexity index is 389. The molecule has 4 N–H and O–H groups in total. The molecule has 16 heavy (non-hydrogen) atoms. The maximum Gasteiger partial charge on any atom is 0.185 e. The molecule has 0 saturated heterocycles. The van der Waals surface area contributed by atoms with Crippen molar-refractivity contribution >= 4 is 17.6 Å². The third kappa shape index (κ3) is 2.14. The standard InChI is InChI=1S/C12H16ClN3/c13-10-4-2-9(3-5-10)12(6-1-7-12)8-16-11(14)15/h2-5H,1,6-8H2,(H4,14,15,16). The molecule has 0 heterocycles. The number of rotatable bonds is 3. The number of nitrogens with two attached hydrogens (primary N) is 2. The summed E-state index contributed by atoms with van der Waals surface area (Å²) < 4.78 is 0. The first kappa shape index (κ1) is 11.3. The van der Waals surface area contributed by atoms with Crippen LogP contribution in [0.15, 0.2) is 29.3 Å². The van der Waals surface area contributed by atoms with Crippen LogP contribution in [0.1, 0.15) is 24.8 Å². The fourth-order valence-electron chi connectivity index (χ4n) is 2.19. The van der Waals surface area contributed by atoms with Crippen molar-refractivity contribution in [1.29, 1.82) is 0 Å². The van der Waals surface area contributed by atoms with Crippen LogP contribution < -0.4 is 11.5 Å². The summed E-state index contributed by atoms with van der Waals surface area (Å²) in [6, 6.07) is 7.99. The minimum absolute atomic E-state index is 0.134. The number of nitrogens with zero attached hydrogens (tertiary/aromatic N) is 1. The Kier molecular flexibility index (Phi) is 3.06. The normalized spacial score (nSPS) is 17.6. The van der Waals surface area contributed by atoms with Gasteiger partial charge in [0, 0.05) is 10.4 Å². The molecule has 1 fully saturated rings. The number of aliphatic imine (C=N–C) groups is 1. The van der Waals surface area contributed by atoms with E-state index in [1.54, 1.807) is 0 Å². The van der Waals surface area contributed by atoms with Crippen LogP contribution in [-0.2, 0) is 5.41 Å². The molecule has 0 aliphatic heterocycles. The van der Waals surface area contributed by atoms with E-state index in [0.717, 1.165) is 17.9 Å². The van der Waals surface area contributed by atoms with Crippen LogP contribution in [0.2, 0.25) is 5.02 Å². The van der Waals surface area contributed by atoms with Gasteiger partial charge in [0.05, 0.1) is 6.54 Å². The molecule has 2 rings (SSSR count). The number of halogens is 1. The van der Waals surface area contributed by atoms with Crippen LogP contribution in [-0.4, -0.2) is 12.5 Å². The number of hydrogen-bond acceptors (Lipinski definition) is 1. The fourth-order valence-corrected chi connectivity index (χ4v) is 2.31. The predicted octanol–water partition coefficient (Wildman–Crippen LogP) is 2.04. The minimum atomic E-state index is 0.134. The average Bonchev–Trinajstić information content (AvgIpc) is 2.18. The second kappa shape index (κ2) is 4.34. The van der Waals surface area contributed by atoms with E-state index < -0.39 is 0 Å². The van der Waals surface area contributed by atoms with Gasteiger partial charge in [0.1, 0.15) is 0 Å². The van der Waals surface area contributed by atoms with E-state index in [0.29, 0.717) is 6.54 Å². The Labute approximate surface area is 100 Å². The molecule has 86 valence electrons. The lowest BCUT2D eigenvalue weighted by Crippen LogP contribution is -2.38. The second-order valence-corrected chi connectivity index (χ2v) is 4.82. The highest BCUT2D eigenvalue weighted by Crippen LogP contribution is 2.44. The molecule has 0 unspecified atom stereocenters. The molecule has 1 aromatic carbocycles. The van der Waals surface area contributed by atoms with Crippen molar-refractivity contribution in [2.45, 2.75) is 24.7 Å². The third-order valence-corrected chi connectivity index (χ3v) is 3.58. The van der Waals surface area contributed by atoms with Gasteiger partial charge in [0.15, 0.2) is 5.96 Å². The van der Waals surface area contributed by atoms with Gasteiger partial charge in [-0.1, -0.05) is 30.2 Å². The summed E-state index contributed by atoms with van der Waals surface area (Å²) in [6.45, 7) is 0.678. The van der Waals surface area contributed by atoms with Crippen LogP contribution >= 0.6 is 11.6 Å². The summed E-state index contributed by atoms with van der Waals surface area (Å²) in [5, 5.41) is 0.764. The summed E-state index contributed by atoms with van der Waals surface area (Å²) in [4.78, 5) is 4.16. The summed E-state index contributed by atoms with van der Waals surface area (Å²) in [7, 11) is 0. The van der Waals surface area contributed by atoms with E-state index in [2.05, 4.69) is 17.1 Å². The van der Waals surface area contributed by atoms with Crippen LogP contribution in [0.5, 0.6) is 0 Å². The molecular formula is C12H16ClN3. The Hall–Kier alpha value is -1.22. The summed E-state index contributed by atoms with van der Waals surface area (Å²) in [5.41, 5.74) is 12.2. The molecule has 3 nitrogen and oxygen atoms in total. The molecule has 1 aliphatic rings. The predicted molar refractivity (Wildman–Crippen MR) is 67.7 cm³/mol. The zero-order chi connectivity index (χ0) is 11.6. The Morgan fingerprint density at radius 1 is 1.25 bits per heavy atom.